The van der Waals surface area contributed by atoms with E-state index < -0.39 is 10.0 Å². The molecule has 0 saturated carbocycles. The van der Waals surface area contributed by atoms with Crippen molar-refractivity contribution in [1.29, 1.82) is 0 Å². The second kappa shape index (κ2) is 7.07. The van der Waals surface area contributed by atoms with Gasteiger partial charge in [0.15, 0.2) is 0 Å². The summed E-state index contributed by atoms with van der Waals surface area (Å²) in [5.41, 5.74) is 1.03. The number of hydrogen-bond donors (Lipinski definition) is 0. The first-order chi connectivity index (χ1) is 9.02. The first-order valence-corrected chi connectivity index (χ1v) is 7.41. The molecular formula is C15H19NO2S. The smallest absolute Gasteiger partial charge is 0.207 e. The lowest BCUT2D eigenvalue weighted by atomic mass is 10.2. The Labute approximate surface area is 115 Å². The van der Waals surface area contributed by atoms with Crippen LogP contribution in [0.25, 0.3) is 0 Å². The van der Waals surface area contributed by atoms with Crippen molar-refractivity contribution in [2.24, 2.45) is 0 Å². The topological polar surface area (TPSA) is 37.4 Å². The van der Waals surface area contributed by atoms with E-state index in [-0.39, 0.29) is 6.54 Å². The maximum absolute atomic E-state index is 12.4. The van der Waals surface area contributed by atoms with Crippen LogP contribution < -0.4 is 0 Å². The highest BCUT2D eigenvalue weighted by atomic mass is 32.2. The van der Waals surface area contributed by atoms with E-state index in [0.717, 1.165) is 5.56 Å². The van der Waals surface area contributed by atoms with Gasteiger partial charge in [-0.1, -0.05) is 48.6 Å². The predicted octanol–water partition coefficient (Wildman–Crippen LogP) is 2.91. The maximum Gasteiger partial charge on any atom is 0.243 e. The van der Waals surface area contributed by atoms with Crippen molar-refractivity contribution >= 4 is 10.0 Å². The predicted molar refractivity (Wildman–Crippen MR) is 79.5 cm³/mol. The molecule has 1 aromatic rings. The van der Waals surface area contributed by atoms with E-state index in [1.54, 1.807) is 48.6 Å². The summed E-state index contributed by atoms with van der Waals surface area (Å²) in [4.78, 5) is 0.298. The molecule has 4 heteroatoms. The van der Waals surface area contributed by atoms with Gasteiger partial charge in [0.1, 0.15) is 0 Å². The average molecular weight is 277 g/mol. The quantitative estimate of drug-likeness (QED) is 0.567. The Morgan fingerprint density at radius 2 is 1.79 bits per heavy atom. The molecule has 19 heavy (non-hydrogen) atoms. The third-order valence-electron chi connectivity index (χ3n) is 2.57. The van der Waals surface area contributed by atoms with Crippen molar-refractivity contribution in [3.05, 3.63) is 67.3 Å². The SMILES string of the molecule is C=C/C=C/CN(CC=C)S(=O)(=O)c1ccc(C)cc1. The molecule has 0 fully saturated rings. The largest absolute Gasteiger partial charge is 0.243 e. The van der Waals surface area contributed by atoms with Crippen LogP contribution in [0.2, 0.25) is 0 Å². The number of nitrogens with zero attached hydrogens (tertiary/aromatic N) is 1. The Morgan fingerprint density at radius 1 is 1.16 bits per heavy atom. The molecule has 0 aliphatic rings. The minimum atomic E-state index is -3.48. The maximum atomic E-state index is 12.4. The van der Waals surface area contributed by atoms with Gasteiger partial charge in [-0.3, -0.25) is 0 Å². The summed E-state index contributed by atoms with van der Waals surface area (Å²) in [7, 11) is -3.48. The molecular weight excluding hydrogens is 258 g/mol. The van der Waals surface area contributed by atoms with Gasteiger partial charge < -0.3 is 0 Å². The fraction of sp³-hybridized carbons (Fsp3) is 0.200. The molecule has 1 rings (SSSR count). The van der Waals surface area contributed by atoms with Crippen LogP contribution in [0.3, 0.4) is 0 Å². The van der Waals surface area contributed by atoms with Gasteiger partial charge in [0.2, 0.25) is 10.0 Å². The molecule has 102 valence electrons. The summed E-state index contributed by atoms with van der Waals surface area (Å²) in [6.45, 7) is 9.65. The lowest BCUT2D eigenvalue weighted by molar-refractivity contribution is 0.474. The summed E-state index contributed by atoms with van der Waals surface area (Å²) < 4.78 is 26.3. The Bertz CT molecular complexity index is 556. The van der Waals surface area contributed by atoms with Gasteiger partial charge in [-0.25, -0.2) is 8.42 Å². The Balaban J connectivity index is 3.04. The monoisotopic (exact) mass is 277 g/mol. The number of benzene rings is 1. The average Bonchev–Trinajstić information content (AvgIpc) is 2.38. The number of sulfonamides is 1. The van der Waals surface area contributed by atoms with Crippen LogP contribution in [-0.2, 0) is 10.0 Å². The molecule has 1 aromatic carbocycles. The lowest BCUT2D eigenvalue weighted by Gasteiger charge is -2.19. The van der Waals surface area contributed by atoms with Gasteiger partial charge in [-0.05, 0) is 19.1 Å². The molecule has 0 atom stereocenters. The standard InChI is InChI=1S/C15H19NO2S/c1-4-6-7-13-16(12-5-2)19(17,18)15-10-8-14(3)9-11-15/h4-11H,1-2,12-13H2,3H3/b7-6+. The van der Waals surface area contributed by atoms with Crippen LogP contribution in [-0.4, -0.2) is 25.8 Å². The van der Waals surface area contributed by atoms with Crippen molar-refractivity contribution in [2.45, 2.75) is 11.8 Å². The number of aryl methyl sites for hydroxylation is 1. The fourth-order valence-electron chi connectivity index (χ4n) is 1.55. The Kier molecular flexibility index (Phi) is 5.73. The van der Waals surface area contributed by atoms with Crippen LogP contribution in [0, 0.1) is 6.92 Å². The summed E-state index contributed by atoms with van der Waals surface area (Å²) in [6, 6.07) is 6.83. The Hall–Kier alpha value is -1.65. The minimum Gasteiger partial charge on any atom is -0.207 e. The van der Waals surface area contributed by atoms with Crippen LogP contribution in [0.5, 0.6) is 0 Å². The van der Waals surface area contributed by atoms with Crippen molar-refractivity contribution in [3.8, 4) is 0 Å². The zero-order valence-corrected chi connectivity index (χ0v) is 11.9. The summed E-state index contributed by atoms with van der Waals surface area (Å²) in [5.74, 6) is 0. The fourth-order valence-corrected chi connectivity index (χ4v) is 2.91. The molecule has 0 saturated heterocycles. The second-order valence-corrected chi connectivity index (χ2v) is 6.03. The van der Waals surface area contributed by atoms with E-state index in [0.29, 0.717) is 11.4 Å². The molecule has 0 amide bonds. The van der Waals surface area contributed by atoms with Gasteiger partial charge in [0.05, 0.1) is 4.90 Å². The van der Waals surface area contributed by atoms with E-state index >= 15 is 0 Å². The van der Waals surface area contributed by atoms with Gasteiger partial charge in [0, 0.05) is 13.1 Å². The van der Waals surface area contributed by atoms with Crippen molar-refractivity contribution in [3.63, 3.8) is 0 Å². The van der Waals surface area contributed by atoms with Gasteiger partial charge in [-0.15, -0.1) is 6.58 Å². The third-order valence-corrected chi connectivity index (χ3v) is 4.42. The molecule has 3 nitrogen and oxygen atoms in total. The normalized spacial score (nSPS) is 11.9. The molecule has 0 aliphatic carbocycles. The van der Waals surface area contributed by atoms with E-state index in [4.69, 9.17) is 0 Å². The van der Waals surface area contributed by atoms with E-state index in [2.05, 4.69) is 13.2 Å². The lowest BCUT2D eigenvalue weighted by Crippen LogP contribution is -2.31. The van der Waals surface area contributed by atoms with Crippen molar-refractivity contribution in [2.75, 3.05) is 13.1 Å². The van der Waals surface area contributed by atoms with Crippen LogP contribution in [0.4, 0.5) is 0 Å². The minimum absolute atomic E-state index is 0.275. The summed E-state index contributed by atoms with van der Waals surface area (Å²) in [5, 5.41) is 0. The van der Waals surface area contributed by atoms with E-state index in [1.807, 2.05) is 6.92 Å². The Morgan fingerprint density at radius 3 is 2.32 bits per heavy atom. The summed E-state index contributed by atoms with van der Waals surface area (Å²) in [6.07, 6.45) is 6.67. The van der Waals surface area contributed by atoms with Gasteiger partial charge >= 0.3 is 0 Å². The van der Waals surface area contributed by atoms with Crippen LogP contribution in [0.1, 0.15) is 5.56 Å². The van der Waals surface area contributed by atoms with Crippen molar-refractivity contribution < 1.29 is 8.42 Å². The second-order valence-electron chi connectivity index (χ2n) is 4.09. The number of allylic oxidation sites excluding steroid dienone is 2. The molecule has 0 radical (unpaired) electrons. The zero-order chi connectivity index (χ0) is 14.3. The summed E-state index contributed by atoms with van der Waals surface area (Å²) >= 11 is 0. The number of rotatable bonds is 7. The molecule has 0 heterocycles. The van der Waals surface area contributed by atoms with E-state index in [1.165, 1.54) is 4.31 Å². The first-order valence-electron chi connectivity index (χ1n) is 5.97. The zero-order valence-electron chi connectivity index (χ0n) is 11.1. The third kappa shape index (κ3) is 4.19. The highest BCUT2D eigenvalue weighted by Gasteiger charge is 2.21. The van der Waals surface area contributed by atoms with Gasteiger partial charge in [0.25, 0.3) is 0 Å². The van der Waals surface area contributed by atoms with Gasteiger partial charge in [-0.2, -0.15) is 4.31 Å². The van der Waals surface area contributed by atoms with Crippen LogP contribution in [0.15, 0.2) is 66.6 Å². The number of hydrogen-bond acceptors (Lipinski definition) is 2. The molecule has 0 aliphatic heterocycles. The highest BCUT2D eigenvalue weighted by molar-refractivity contribution is 7.89. The first kappa shape index (κ1) is 15.4. The van der Waals surface area contributed by atoms with Crippen LogP contribution >= 0.6 is 0 Å². The van der Waals surface area contributed by atoms with E-state index in [9.17, 15) is 8.42 Å². The molecule has 0 unspecified atom stereocenters. The highest BCUT2D eigenvalue weighted by Crippen LogP contribution is 2.16. The molecule has 0 aromatic heterocycles. The van der Waals surface area contributed by atoms with Crippen molar-refractivity contribution in [1.82, 2.24) is 4.31 Å². The molecule has 0 spiro atoms. The molecule has 0 bridgehead atoms. The molecule has 0 N–H and O–H groups in total.